The Morgan fingerprint density at radius 1 is 1.56 bits per heavy atom. The van der Waals surface area contributed by atoms with E-state index in [1.165, 1.54) is 0 Å². The van der Waals surface area contributed by atoms with Crippen molar-refractivity contribution < 1.29 is 14.6 Å². The van der Waals surface area contributed by atoms with Gasteiger partial charge in [-0.15, -0.1) is 0 Å². The predicted octanol–water partition coefficient (Wildman–Crippen LogP) is 1.95. The van der Waals surface area contributed by atoms with Gasteiger partial charge in [0.15, 0.2) is 0 Å². The molecule has 5 nitrogen and oxygen atoms in total. The molecule has 1 aliphatic rings. The highest BCUT2D eigenvalue weighted by Gasteiger charge is 2.19. The monoisotopic (exact) mass is 250 g/mol. The Labute approximate surface area is 106 Å². The molecule has 0 bridgehead atoms. The summed E-state index contributed by atoms with van der Waals surface area (Å²) in [5, 5.41) is 12.3. The zero-order valence-electron chi connectivity index (χ0n) is 10.3. The Morgan fingerprint density at radius 3 is 3.00 bits per heavy atom. The molecule has 1 saturated heterocycles. The Bertz CT molecular complexity index is 448. The number of rotatable bonds is 3. The molecule has 2 atom stereocenters. The summed E-state index contributed by atoms with van der Waals surface area (Å²) in [5.74, 6) is -1.00. The molecule has 5 heteroatoms. The molecule has 2 rings (SSSR count). The zero-order chi connectivity index (χ0) is 13.1. The van der Waals surface area contributed by atoms with Gasteiger partial charge in [-0.25, -0.2) is 4.79 Å². The Morgan fingerprint density at radius 2 is 2.33 bits per heavy atom. The van der Waals surface area contributed by atoms with E-state index in [4.69, 9.17) is 15.6 Å². The van der Waals surface area contributed by atoms with Gasteiger partial charge in [0.25, 0.3) is 0 Å². The molecular weight excluding hydrogens is 232 g/mol. The Kier molecular flexibility index (Phi) is 3.72. The molecule has 2 unspecified atom stereocenters. The molecule has 1 aromatic carbocycles. The first-order valence-corrected chi connectivity index (χ1v) is 6.07. The van der Waals surface area contributed by atoms with Gasteiger partial charge in [-0.05, 0) is 38.0 Å². The van der Waals surface area contributed by atoms with Crippen molar-refractivity contribution in [1.29, 1.82) is 0 Å². The number of nitrogens with one attached hydrogen (secondary N) is 1. The average molecular weight is 250 g/mol. The highest BCUT2D eigenvalue weighted by Crippen LogP contribution is 2.22. The van der Waals surface area contributed by atoms with Gasteiger partial charge < -0.3 is 20.9 Å². The second-order valence-corrected chi connectivity index (χ2v) is 4.65. The molecule has 1 aliphatic heterocycles. The third-order valence-corrected chi connectivity index (χ3v) is 3.14. The minimum absolute atomic E-state index is 0.139. The number of carbonyl (C=O) groups is 1. The smallest absolute Gasteiger partial charge is 0.337 e. The van der Waals surface area contributed by atoms with Crippen LogP contribution in [0.25, 0.3) is 0 Å². The van der Waals surface area contributed by atoms with Crippen molar-refractivity contribution in [3.63, 3.8) is 0 Å². The molecule has 0 radical (unpaired) electrons. The van der Waals surface area contributed by atoms with Crippen LogP contribution in [0.1, 0.15) is 30.1 Å². The summed E-state index contributed by atoms with van der Waals surface area (Å²) in [6, 6.07) is 5.33. The molecule has 0 saturated carbocycles. The summed E-state index contributed by atoms with van der Waals surface area (Å²) >= 11 is 0. The first kappa shape index (κ1) is 12.7. The predicted molar refractivity (Wildman–Crippen MR) is 69.9 cm³/mol. The number of benzene rings is 1. The van der Waals surface area contributed by atoms with Crippen molar-refractivity contribution in [1.82, 2.24) is 0 Å². The van der Waals surface area contributed by atoms with E-state index in [1.807, 2.05) is 13.0 Å². The van der Waals surface area contributed by atoms with E-state index in [0.29, 0.717) is 6.04 Å². The number of carboxylic acid groups (broad SMARTS) is 1. The van der Waals surface area contributed by atoms with Gasteiger partial charge in [0.1, 0.15) is 0 Å². The molecule has 1 aromatic rings. The number of ether oxygens (including phenoxy) is 1. The number of nitrogens with two attached hydrogens (primary N) is 1. The standard InChI is InChI=1S/C13H18N2O3/c1-8-6-10(4-5-18-8)15-9-2-3-12(14)11(7-9)13(16)17/h2-3,7-8,10,15H,4-6,14H2,1H3,(H,16,17). The van der Waals surface area contributed by atoms with Gasteiger partial charge in [-0.2, -0.15) is 0 Å². The van der Waals surface area contributed by atoms with Crippen LogP contribution < -0.4 is 11.1 Å². The van der Waals surface area contributed by atoms with Crippen LogP contribution in [0.15, 0.2) is 18.2 Å². The van der Waals surface area contributed by atoms with Crippen LogP contribution in [0.2, 0.25) is 0 Å². The van der Waals surface area contributed by atoms with E-state index in [2.05, 4.69) is 5.32 Å². The van der Waals surface area contributed by atoms with Crippen molar-refractivity contribution in [2.45, 2.75) is 31.9 Å². The molecule has 0 aromatic heterocycles. The van der Waals surface area contributed by atoms with Crippen LogP contribution in [0.4, 0.5) is 11.4 Å². The van der Waals surface area contributed by atoms with E-state index in [1.54, 1.807) is 12.1 Å². The van der Waals surface area contributed by atoms with E-state index >= 15 is 0 Å². The third-order valence-electron chi connectivity index (χ3n) is 3.14. The van der Waals surface area contributed by atoms with Crippen LogP contribution in [0, 0.1) is 0 Å². The normalized spacial score (nSPS) is 23.6. The zero-order valence-corrected chi connectivity index (χ0v) is 10.3. The first-order chi connectivity index (χ1) is 8.56. The highest BCUT2D eigenvalue weighted by molar-refractivity contribution is 5.94. The molecular formula is C13H18N2O3. The van der Waals surface area contributed by atoms with Crippen molar-refractivity contribution in [2.24, 2.45) is 0 Å². The SMILES string of the molecule is CC1CC(Nc2ccc(N)c(C(=O)O)c2)CCO1. The van der Waals surface area contributed by atoms with Crippen LogP contribution in [0.3, 0.4) is 0 Å². The number of hydrogen-bond acceptors (Lipinski definition) is 4. The molecule has 1 heterocycles. The molecule has 98 valence electrons. The van der Waals surface area contributed by atoms with Crippen molar-refractivity contribution >= 4 is 17.3 Å². The maximum Gasteiger partial charge on any atom is 0.337 e. The summed E-state index contributed by atoms with van der Waals surface area (Å²) in [4.78, 5) is 11.0. The Balaban J connectivity index is 2.09. The Hall–Kier alpha value is -1.75. The lowest BCUT2D eigenvalue weighted by Crippen LogP contribution is -2.32. The maximum absolute atomic E-state index is 11.0. The second-order valence-electron chi connectivity index (χ2n) is 4.65. The molecule has 0 amide bonds. The molecule has 4 N–H and O–H groups in total. The number of hydrogen-bond donors (Lipinski definition) is 3. The lowest BCUT2D eigenvalue weighted by Gasteiger charge is -2.28. The fourth-order valence-corrected chi connectivity index (χ4v) is 2.20. The number of carboxylic acids is 1. The van der Waals surface area contributed by atoms with Crippen LogP contribution in [-0.2, 0) is 4.74 Å². The minimum Gasteiger partial charge on any atom is -0.478 e. The van der Waals surface area contributed by atoms with Crippen molar-refractivity contribution in [3.8, 4) is 0 Å². The van der Waals surface area contributed by atoms with Crippen LogP contribution in [-0.4, -0.2) is 29.8 Å². The summed E-state index contributed by atoms with van der Waals surface area (Å²) in [5.41, 5.74) is 6.83. The molecule has 0 spiro atoms. The van der Waals surface area contributed by atoms with Gasteiger partial charge >= 0.3 is 5.97 Å². The lowest BCUT2D eigenvalue weighted by molar-refractivity contribution is 0.0232. The average Bonchev–Trinajstić information content (AvgIpc) is 2.31. The summed E-state index contributed by atoms with van der Waals surface area (Å²) in [7, 11) is 0. The van der Waals surface area contributed by atoms with Crippen molar-refractivity contribution in [3.05, 3.63) is 23.8 Å². The largest absolute Gasteiger partial charge is 0.478 e. The highest BCUT2D eigenvalue weighted by atomic mass is 16.5. The lowest BCUT2D eigenvalue weighted by atomic mass is 10.0. The van der Waals surface area contributed by atoms with E-state index in [9.17, 15) is 4.79 Å². The van der Waals surface area contributed by atoms with Crippen LogP contribution in [0.5, 0.6) is 0 Å². The van der Waals surface area contributed by atoms with Gasteiger partial charge in [0.05, 0.1) is 11.7 Å². The number of anilines is 2. The second kappa shape index (κ2) is 5.27. The van der Waals surface area contributed by atoms with Gasteiger partial charge in [-0.1, -0.05) is 0 Å². The summed E-state index contributed by atoms with van der Waals surface area (Å²) < 4.78 is 5.47. The minimum atomic E-state index is -1.00. The number of nitrogen functional groups attached to an aromatic ring is 1. The molecule has 1 fully saturated rings. The quantitative estimate of drug-likeness (QED) is 0.714. The third kappa shape index (κ3) is 2.92. The molecule has 18 heavy (non-hydrogen) atoms. The summed E-state index contributed by atoms with van der Waals surface area (Å²) in [6.07, 6.45) is 2.09. The summed E-state index contributed by atoms with van der Waals surface area (Å²) in [6.45, 7) is 2.78. The van der Waals surface area contributed by atoms with E-state index in [0.717, 1.165) is 25.1 Å². The van der Waals surface area contributed by atoms with Gasteiger partial charge in [0.2, 0.25) is 0 Å². The molecule has 0 aliphatic carbocycles. The van der Waals surface area contributed by atoms with Gasteiger partial charge in [-0.3, -0.25) is 0 Å². The van der Waals surface area contributed by atoms with Crippen LogP contribution >= 0.6 is 0 Å². The number of aromatic carboxylic acids is 1. The van der Waals surface area contributed by atoms with E-state index in [-0.39, 0.29) is 17.4 Å². The van der Waals surface area contributed by atoms with E-state index < -0.39 is 5.97 Å². The topological polar surface area (TPSA) is 84.6 Å². The first-order valence-electron chi connectivity index (χ1n) is 6.07. The fourth-order valence-electron chi connectivity index (χ4n) is 2.20. The fraction of sp³-hybridized carbons (Fsp3) is 0.462. The van der Waals surface area contributed by atoms with Gasteiger partial charge in [0, 0.05) is 24.0 Å². The van der Waals surface area contributed by atoms with Crippen molar-refractivity contribution in [2.75, 3.05) is 17.7 Å². The maximum atomic E-state index is 11.0.